The van der Waals surface area contributed by atoms with Gasteiger partial charge < -0.3 is 25.6 Å². The summed E-state index contributed by atoms with van der Waals surface area (Å²) in [6.45, 7) is 12.3. The monoisotopic (exact) mass is 326 g/mol. The molecule has 2 aliphatic rings. The summed E-state index contributed by atoms with van der Waals surface area (Å²) in [6.07, 6.45) is 2.31. The first-order valence-electron chi connectivity index (χ1n) is 8.99. The van der Waals surface area contributed by atoms with E-state index in [9.17, 15) is 0 Å². The maximum absolute atomic E-state index is 5.94. The summed E-state index contributed by atoms with van der Waals surface area (Å²) >= 11 is 0. The van der Waals surface area contributed by atoms with Gasteiger partial charge in [0.05, 0.1) is 13.2 Å². The van der Waals surface area contributed by atoms with Crippen LogP contribution in [0.25, 0.3) is 0 Å². The minimum atomic E-state index is 0.582. The van der Waals surface area contributed by atoms with Gasteiger partial charge in [0, 0.05) is 52.4 Å². The van der Waals surface area contributed by atoms with Crippen molar-refractivity contribution in [1.29, 1.82) is 0 Å². The molecule has 0 atom stereocenters. The third-order valence-corrected chi connectivity index (χ3v) is 4.56. The lowest BCUT2D eigenvalue weighted by molar-refractivity contribution is 0.0377. The molecule has 0 saturated carbocycles. The maximum Gasteiger partial charge on any atom is 0.188 e. The molecular weight excluding hydrogens is 292 g/mol. The second-order valence-corrected chi connectivity index (χ2v) is 6.50. The number of guanidine groups is 1. The van der Waals surface area contributed by atoms with E-state index in [1.165, 1.54) is 19.5 Å². The largest absolute Gasteiger partial charge is 0.379 e. The molecule has 2 fully saturated rings. The summed E-state index contributed by atoms with van der Waals surface area (Å²) < 4.78 is 5.35. The average Bonchev–Trinajstić information content (AvgIpc) is 2.77. The van der Waals surface area contributed by atoms with Crippen molar-refractivity contribution in [3.63, 3.8) is 0 Å². The lowest BCUT2D eigenvalue weighted by Gasteiger charge is -2.26. The SMILES string of the molecule is CN1CCCN(CCNC(N)=NCCCN2CCOCC2)CC1. The van der Waals surface area contributed by atoms with E-state index in [2.05, 4.69) is 32.1 Å². The molecule has 0 aliphatic carbocycles. The zero-order valence-electron chi connectivity index (χ0n) is 14.7. The number of nitrogens with one attached hydrogen (secondary N) is 1. The molecule has 7 nitrogen and oxygen atoms in total. The van der Waals surface area contributed by atoms with Crippen LogP contribution in [-0.4, -0.2) is 106 Å². The molecule has 0 amide bonds. The molecule has 0 aromatic rings. The van der Waals surface area contributed by atoms with Gasteiger partial charge in [-0.25, -0.2) is 0 Å². The van der Waals surface area contributed by atoms with E-state index in [1.54, 1.807) is 0 Å². The molecule has 0 aromatic carbocycles. The van der Waals surface area contributed by atoms with E-state index in [-0.39, 0.29) is 0 Å². The second-order valence-electron chi connectivity index (χ2n) is 6.50. The van der Waals surface area contributed by atoms with E-state index in [4.69, 9.17) is 10.5 Å². The molecule has 2 rings (SSSR count). The fourth-order valence-electron chi connectivity index (χ4n) is 3.04. The van der Waals surface area contributed by atoms with E-state index < -0.39 is 0 Å². The second kappa shape index (κ2) is 10.8. The van der Waals surface area contributed by atoms with E-state index in [1.807, 2.05) is 0 Å². The van der Waals surface area contributed by atoms with Crippen LogP contribution in [0.1, 0.15) is 12.8 Å². The Labute approximate surface area is 140 Å². The van der Waals surface area contributed by atoms with Crippen molar-refractivity contribution in [2.24, 2.45) is 10.7 Å². The van der Waals surface area contributed by atoms with E-state index in [0.717, 1.165) is 72.0 Å². The number of hydrogen-bond donors (Lipinski definition) is 2. The minimum Gasteiger partial charge on any atom is -0.379 e. The van der Waals surface area contributed by atoms with Gasteiger partial charge in [0.15, 0.2) is 5.96 Å². The lowest BCUT2D eigenvalue weighted by Crippen LogP contribution is -2.40. The predicted molar refractivity (Wildman–Crippen MR) is 94.9 cm³/mol. The van der Waals surface area contributed by atoms with Crippen LogP contribution in [0.2, 0.25) is 0 Å². The van der Waals surface area contributed by atoms with Crippen molar-refractivity contribution >= 4 is 5.96 Å². The zero-order chi connectivity index (χ0) is 16.3. The number of rotatable bonds is 7. The molecule has 2 heterocycles. The van der Waals surface area contributed by atoms with Crippen LogP contribution in [-0.2, 0) is 4.74 Å². The molecule has 2 aliphatic heterocycles. The summed E-state index contributed by atoms with van der Waals surface area (Å²) in [5, 5.41) is 3.24. The van der Waals surface area contributed by atoms with Crippen LogP contribution < -0.4 is 11.1 Å². The number of morpholine rings is 1. The summed E-state index contributed by atoms with van der Waals surface area (Å²) in [5.74, 6) is 0.582. The summed E-state index contributed by atoms with van der Waals surface area (Å²) in [5.41, 5.74) is 5.94. The van der Waals surface area contributed by atoms with Crippen molar-refractivity contribution < 1.29 is 4.74 Å². The minimum absolute atomic E-state index is 0.582. The predicted octanol–water partition coefficient (Wildman–Crippen LogP) is -0.749. The van der Waals surface area contributed by atoms with Crippen LogP contribution in [0.5, 0.6) is 0 Å². The van der Waals surface area contributed by atoms with Gasteiger partial charge in [0.25, 0.3) is 0 Å². The fourth-order valence-corrected chi connectivity index (χ4v) is 3.04. The quantitative estimate of drug-likeness (QED) is 0.365. The molecule has 0 aromatic heterocycles. The Bertz CT molecular complexity index is 345. The molecule has 3 N–H and O–H groups in total. The highest BCUT2D eigenvalue weighted by Gasteiger charge is 2.11. The van der Waals surface area contributed by atoms with Crippen LogP contribution >= 0.6 is 0 Å². The highest BCUT2D eigenvalue weighted by atomic mass is 16.5. The highest BCUT2D eigenvalue weighted by Crippen LogP contribution is 2.00. The number of likely N-dealkylation sites (N-methyl/N-ethyl adjacent to an activating group) is 1. The Morgan fingerprint density at radius 2 is 1.83 bits per heavy atom. The zero-order valence-corrected chi connectivity index (χ0v) is 14.7. The number of nitrogens with two attached hydrogens (primary N) is 1. The topological polar surface area (TPSA) is 69.4 Å². The smallest absolute Gasteiger partial charge is 0.188 e. The first-order chi connectivity index (χ1) is 11.2. The first-order valence-corrected chi connectivity index (χ1v) is 8.99. The van der Waals surface area contributed by atoms with Crippen molar-refractivity contribution in [3.05, 3.63) is 0 Å². The molecule has 0 radical (unpaired) electrons. The Balaban J connectivity index is 1.50. The summed E-state index contributed by atoms with van der Waals surface area (Å²) in [7, 11) is 2.20. The highest BCUT2D eigenvalue weighted by molar-refractivity contribution is 5.77. The van der Waals surface area contributed by atoms with Gasteiger partial charge in [0.2, 0.25) is 0 Å². The fraction of sp³-hybridized carbons (Fsp3) is 0.938. The molecule has 7 heteroatoms. The summed E-state index contributed by atoms with van der Waals surface area (Å²) in [4.78, 5) is 11.8. The Morgan fingerprint density at radius 3 is 2.65 bits per heavy atom. The number of hydrogen-bond acceptors (Lipinski definition) is 5. The first kappa shape index (κ1) is 18.4. The van der Waals surface area contributed by atoms with Gasteiger partial charge in [-0.15, -0.1) is 0 Å². The van der Waals surface area contributed by atoms with E-state index in [0.29, 0.717) is 5.96 Å². The van der Waals surface area contributed by atoms with Crippen molar-refractivity contribution in [3.8, 4) is 0 Å². The van der Waals surface area contributed by atoms with Gasteiger partial charge in [0.1, 0.15) is 0 Å². The van der Waals surface area contributed by atoms with Gasteiger partial charge in [-0.2, -0.15) is 0 Å². The van der Waals surface area contributed by atoms with Crippen LogP contribution in [0, 0.1) is 0 Å². The third kappa shape index (κ3) is 7.97. The Morgan fingerprint density at radius 1 is 1.04 bits per heavy atom. The van der Waals surface area contributed by atoms with Crippen LogP contribution in [0.3, 0.4) is 0 Å². The molecule has 0 spiro atoms. The molecule has 23 heavy (non-hydrogen) atoms. The number of aliphatic imine (C=N–C) groups is 1. The molecule has 2 saturated heterocycles. The van der Waals surface area contributed by atoms with Gasteiger partial charge in [-0.1, -0.05) is 0 Å². The normalized spacial score (nSPS) is 22.9. The number of ether oxygens (including phenoxy) is 1. The van der Waals surface area contributed by atoms with Gasteiger partial charge in [-0.05, 0) is 33.0 Å². The van der Waals surface area contributed by atoms with Crippen molar-refractivity contribution in [1.82, 2.24) is 20.0 Å². The summed E-state index contributed by atoms with van der Waals surface area (Å²) in [6, 6.07) is 0. The lowest BCUT2D eigenvalue weighted by atomic mass is 10.3. The van der Waals surface area contributed by atoms with E-state index >= 15 is 0 Å². The van der Waals surface area contributed by atoms with Crippen LogP contribution in [0.4, 0.5) is 0 Å². The molecule has 0 unspecified atom stereocenters. The molecular formula is C16H34N6O. The average molecular weight is 326 g/mol. The van der Waals surface area contributed by atoms with Gasteiger partial charge in [-0.3, -0.25) is 9.89 Å². The van der Waals surface area contributed by atoms with Gasteiger partial charge >= 0.3 is 0 Å². The van der Waals surface area contributed by atoms with Crippen molar-refractivity contribution in [2.75, 3.05) is 85.7 Å². The third-order valence-electron chi connectivity index (χ3n) is 4.56. The number of nitrogens with zero attached hydrogens (tertiary/aromatic N) is 4. The Kier molecular flexibility index (Phi) is 8.67. The molecule has 0 bridgehead atoms. The maximum atomic E-state index is 5.94. The Hall–Kier alpha value is -0.890. The van der Waals surface area contributed by atoms with Crippen LogP contribution in [0.15, 0.2) is 4.99 Å². The standard InChI is InChI=1S/C16H34N6O/c1-20-6-3-8-21(11-10-20)9-5-19-16(17)18-4-2-7-22-12-14-23-15-13-22/h2-15H2,1H3,(H3,17,18,19). The molecule has 134 valence electrons. The van der Waals surface area contributed by atoms with Crippen molar-refractivity contribution in [2.45, 2.75) is 12.8 Å².